The highest BCUT2D eigenvalue weighted by atomic mass is 32.2. The van der Waals surface area contributed by atoms with E-state index in [2.05, 4.69) is 0 Å². The zero-order valence-electron chi connectivity index (χ0n) is 11.5. The van der Waals surface area contributed by atoms with E-state index in [1.165, 1.54) is 0 Å². The Hall–Kier alpha value is -2.14. The zero-order chi connectivity index (χ0) is 14.8. The number of carboxylic acid groups (broad SMARTS) is 1. The molecule has 0 atom stereocenters. The zero-order valence-corrected chi connectivity index (χ0v) is 12.3. The molecule has 0 radical (unpaired) electrons. The number of hydrogen-bond donors (Lipinski definition) is 1. The Bertz CT molecular complexity index is 697. The third-order valence-corrected chi connectivity index (χ3v) is 4.00. The molecule has 2 aromatic carbocycles. The van der Waals surface area contributed by atoms with Crippen molar-refractivity contribution in [2.24, 2.45) is 0 Å². The van der Waals surface area contributed by atoms with E-state index in [0.29, 0.717) is 24.7 Å². The number of hydrogen-bond acceptors (Lipinski definition) is 4. The van der Waals surface area contributed by atoms with Gasteiger partial charge in [-0.25, -0.2) is 4.79 Å². The minimum absolute atomic E-state index is 0.136. The Morgan fingerprint density at radius 3 is 2.71 bits per heavy atom. The van der Waals surface area contributed by atoms with E-state index >= 15 is 0 Å². The van der Waals surface area contributed by atoms with Crippen molar-refractivity contribution in [3.05, 3.63) is 42.0 Å². The van der Waals surface area contributed by atoms with Crippen LogP contribution in [0.1, 0.15) is 10.4 Å². The minimum Gasteiger partial charge on any atom is -0.486 e. The van der Waals surface area contributed by atoms with Crippen molar-refractivity contribution in [3.63, 3.8) is 0 Å². The van der Waals surface area contributed by atoms with Crippen LogP contribution in [0.2, 0.25) is 0 Å². The van der Waals surface area contributed by atoms with Crippen LogP contribution in [0.4, 0.5) is 0 Å². The Balaban J connectivity index is 2.14. The molecule has 0 amide bonds. The SMILES string of the molecule is CSc1cccc(-c2cc3c(c(C(=O)O)c2)OCCO3)c1. The average molecular weight is 302 g/mol. The van der Waals surface area contributed by atoms with Crippen LogP contribution >= 0.6 is 11.8 Å². The fourth-order valence-electron chi connectivity index (χ4n) is 2.28. The van der Waals surface area contributed by atoms with E-state index < -0.39 is 5.97 Å². The summed E-state index contributed by atoms with van der Waals surface area (Å²) in [6.07, 6.45) is 2.01. The molecule has 1 aliphatic heterocycles. The number of carbonyl (C=O) groups is 1. The number of benzene rings is 2. The standard InChI is InChI=1S/C16H14O4S/c1-21-12-4-2-3-10(7-12)11-8-13(16(17)18)15-14(9-11)19-5-6-20-15/h2-4,7-9H,5-6H2,1H3,(H,17,18). The topological polar surface area (TPSA) is 55.8 Å². The van der Waals surface area contributed by atoms with E-state index in [4.69, 9.17) is 9.47 Å². The highest BCUT2D eigenvalue weighted by Crippen LogP contribution is 2.38. The number of carboxylic acids is 1. The normalized spacial score (nSPS) is 13.0. The first-order valence-corrected chi connectivity index (χ1v) is 7.73. The summed E-state index contributed by atoms with van der Waals surface area (Å²) in [6, 6.07) is 11.4. The molecule has 21 heavy (non-hydrogen) atoms. The third kappa shape index (κ3) is 2.69. The van der Waals surface area contributed by atoms with E-state index in [0.717, 1.165) is 16.0 Å². The summed E-state index contributed by atoms with van der Waals surface area (Å²) in [7, 11) is 0. The highest BCUT2D eigenvalue weighted by molar-refractivity contribution is 7.98. The second-order valence-corrected chi connectivity index (χ2v) is 5.46. The predicted molar refractivity (Wildman–Crippen MR) is 81.6 cm³/mol. The molecule has 0 aliphatic carbocycles. The summed E-state index contributed by atoms with van der Waals surface area (Å²) in [4.78, 5) is 12.6. The monoisotopic (exact) mass is 302 g/mol. The van der Waals surface area contributed by atoms with Crippen molar-refractivity contribution in [1.29, 1.82) is 0 Å². The van der Waals surface area contributed by atoms with Crippen molar-refractivity contribution in [3.8, 4) is 22.6 Å². The highest BCUT2D eigenvalue weighted by Gasteiger charge is 2.22. The summed E-state index contributed by atoms with van der Waals surface area (Å²) in [5.74, 6) is -0.205. The third-order valence-electron chi connectivity index (χ3n) is 3.28. The van der Waals surface area contributed by atoms with Gasteiger partial charge in [-0.3, -0.25) is 0 Å². The molecule has 0 aromatic heterocycles. The van der Waals surface area contributed by atoms with Gasteiger partial charge in [0.15, 0.2) is 11.5 Å². The van der Waals surface area contributed by atoms with Gasteiger partial charge in [0, 0.05) is 4.90 Å². The van der Waals surface area contributed by atoms with Gasteiger partial charge in [-0.05, 0) is 41.6 Å². The van der Waals surface area contributed by atoms with Crippen LogP contribution in [0, 0.1) is 0 Å². The van der Waals surface area contributed by atoms with Crippen LogP contribution < -0.4 is 9.47 Å². The van der Waals surface area contributed by atoms with Crippen molar-refractivity contribution in [1.82, 2.24) is 0 Å². The van der Waals surface area contributed by atoms with E-state index in [-0.39, 0.29) is 5.56 Å². The first kappa shape index (κ1) is 13.8. The van der Waals surface area contributed by atoms with Crippen LogP contribution in [0.25, 0.3) is 11.1 Å². The van der Waals surface area contributed by atoms with Crippen molar-refractivity contribution in [2.75, 3.05) is 19.5 Å². The summed E-state index contributed by atoms with van der Waals surface area (Å²) in [5, 5.41) is 9.37. The molecule has 0 spiro atoms. The Kier molecular flexibility index (Phi) is 3.75. The Morgan fingerprint density at radius 2 is 1.95 bits per heavy atom. The summed E-state index contributed by atoms with van der Waals surface area (Å²) in [6.45, 7) is 0.801. The van der Waals surface area contributed by atoms with Gasteiger partial charge >= 0.3 is 5.97 Å². The van der Waals surface area contributed by atoms with Crippen molar-refractivity contribution in [2.45, 2.75) is 4.90 Å². The smallest absolute Gasteiger partial charge is 0.339 e. The number of fused-ring (bicyclic) bond motifs is 1. The van der Waals surface area contributed by atoms with E-state index in [1.807, 2.05) is 36.6 Å². The van der Waals surface area contributed by atoms with E-state index in [9.17, 15) is 9.90 Å². The van der Waals surface area contributed by atoms with Crippen LogP contribution in [0.3, 0.4) is 0 Å². The molecule has 1 N–H and O–H groups in total. The van der Waals surface area contributed by atoms with Gasteiger partial charge in [-0.2, -0.15) is 0 Å². The molecule has 0 fully saturated rings. The molecule has 5 heteroatoms. The van der Waals surface area contributed by atoms with Gasteiger partial charge < -0.3 is 14.6 Å². The first-order valence-electron chi connectivity index (χ1n) is 6.50. The fourth-order valence-corrected chi connectivity index (χ4v) is 2.74. The predicted octanol–water partition coefficient (Wildman–Crippen LogP) is 3.54. The van der Waals surface area contributed by atoms with Crippen LogP contribution in [0.5, 0.6) is 11.5 Å². The van der Waals surface area contributed by atoms with Crippen molar-refractivity contribution < 1.29 is 19.4 Å². The van der Waals surface area contributed by atoms with Crippen molar-refractivity contribution >= 4 is 17.7 Å². The van der Waals surface area contributed by atoms with Crippen LogP contribution in [0.15, 0.2) is 41.3 Å². The van der Waals surface area contributed by atoms with Gasteiger partial charge in [0.1, 0.15) is 18.8 Å². The quantitative estimate of drug-likeness (QED) is 0.879. The second kappa shape index (κ2) is 5.69. The molecule has 108 valence electrons. The maximum atomic E-state index is 11.4. The van der Waals surface area contributed by atoms with Crippen LogP contribution in [-0.2, 0) is 0 Å². The van der Waals surface area contributed by atoms with E-state index in [1.54, 1.807) is 17.8 Å². The molecule has 0 saturated heterocycles. The summed E-state index contributed by atoms with van der Waals surface area (Å²) >= 11 is 1.64. The minimum atomic E-state index is -1.01. The second-order valence-electron chi connectivity index (χ2n) is 4.59. The maximum Gasteiger partial charge on any atom is 0.339 e. The lowest BCUT2D eigenvalue weighted by atomic mass is 10.0. The molecule has 1 aliphatic rings. The lowest BCUT2D eigenvalue weighted by Gasteiger charge is -2.21. The molecule has 0 bridgehead atoms. The molecule has 3 rings (SSSR count). The number of rotatable bonds is 3. The van der Waals surface area contributed by atoms with Crippen LogP contribution in [-0.4, -0.2) is 30.5 Å². The number of ether oxygens (including phenoxy) is 2. The summed E-state index contributed by atoms with van der Waals surface area (Å²) < 4.78 is 11.0. The molecular weight excluding hydrogens is 288 g/mol. The Labute approximate surface area is 126 Å². The van der Waals surface area contributed by atoms with Gasteiger partial charge in [-0.1, -0.05) is 12.1 Å². The summed E-state index contributed by atoms with van der Waals surface area (Å²) in [5.41, 5.74) is 1.91. The average Bonchev–Trinajstić information content (AvgIpc) is 2.53. The molecule has 2 aromatic rings. The molecular formula is C16H14O4S. The number of thioether (sulfide) groups is 1. The largest absolute Gasteiger partial charge is 0.486 e. The lowest BCUT2D eigenvalue weighted by molar-refractivity contribution is 0.0686. The lowest BCUT2D eigenvalue weighted by Crippen LogP contribution is -2.18. The Morgan fingerprint density at radius 1 is 1.14 bits per heavy atom. The van der Waals surface area contributed by atoms with Gasteiger partial charge in [0.05, 0.1) is 0 Å². The molecule has 0 unspecified atom stereocenters. The molecule has 1 heterocycles. The molecule has 0 saturated carbocycles. The number of aromatic carboxylic acids is 1. The van der Waals surface area contributed by atoms with Gasteiger partial charge in [-0.15, -0.1) is 11.8 Å². The fraction of sp³-hybridized carbons (Fsp3) is 0.188. The maximum absolute atomic E-state index is 11.4. The molecule has 4 nitrogen and oxygen atoms in total. The first-order chi connectivity index (χ1) is 10.2. The van der Waals surface area contributed by atoms with Gasteiger partial charge in [0.25, 0.3) is 0 Å². The van der Waals surface area contributed by atoms with Gasteiger partial charge in [0.2, 0.25) is 0 Å².